The van der Waals surface area contributed by atoms with E-state index in [4.69, 9.17) is 51.4 Å². The fourth-order valence-corrected chi connectivity index (χ4v) is 6.78. The molecular formula is C31H27Cl4FN6O3. The van der Waals surface area contributed by atoms with E-state index >= 15 is 0 Å². The number of benzene rings is 1. The number of carbonyl (C=O) groups is 1. The van der Waals surface area contributed by atoms with Crippen molar-refractivity contribution < 1.29 is 14.3 Å². The fourth-order valence-electron chi connectivity index (χ4n) is 5.84. The zero-order valence-corrected chi connectivity index (χ0v) is 27.4. The Morgan fingerprint density at radius 1 is 1.18 bits per heavy atom. The number of fused-ring (bicyclic) bond motifs is 1. The molecule has 0 spiro atoms. The second-order valence-corrected chi connectivity index (χ2v) is 12.6. The van der Waals surface area contributed by atoms with Crippen LogP contribution in [0, 0.1) is 29.0 Å². The van der Waals surface area contributed by atoms with Crippen molar-refractivity contribution in [1.29, 1.82) is 5.26 Å². The van der Waals surface area contributed by atoms with Crippen LogP contribution in [0.3, 0.4) is 0 Å². The number of hydrogen-bond donors (Lipinski definition) is 1. The highest BCUT2D eigenvalue weighted by Gasteiger charge is 2.35. The number of phenolic OH excluding ortho intramolecular Hbond substituents is 1. The van der Waals surface area contributed by atoms with E-state index in [0.29, 0.717) is 43.0 Å². The molecule has 0 bridgehead atoms. The van der Waals surface area contributed by atoms with Crippen LogP contribution >= 0.6 is 46.4 Å². The molecule has 1 amide bonds. The van der Waals surface area contributed by atoms with Crippen molar-refractivity contribution in [2.75, 3.05) is 31.1 Å². The van der Waals surface area contributed by atoms with E-state index < -0.39 is 33.2 Å². The van der Waals surface area contributed by atoms with Gasteiger partial charge >= 0.3 is 0 Å². The third kappa shape index (κ3) is 5.46. The van der Waals surface area contributed by atoms with E-state index in [1.807, 2.05) is 31.7 Å². The van der Waals surface area contributed by atoms with Gasteiger partial charge in [0, 0.05) is 49.4 Å². The molecule has 1 unspecified atom stereocenters. The van der Waals surface area contributed by atoms with Gasteiger partial charge in [-0.15, -0.1) is 0 Å². The quantitative estimate of drug-likeness (QED) is 0.175. The smallest absolute Gasteiger partial charge is 0.272 e. The number of allylic oxidation sites excluding steroid dienone is 1. The molecule has 5 rings (SSSR count). The van der Waals surface area contributed by atoms with Crippen LogP contribution in [0.2, 0.25) is 20.1 Å². The predicted octanol–water partition coefficient (Wildman–Crippen LogP) is 7.03. The third-order valence-corrected chi connectivity index (χ3v) is 9.53. The Hall–Kier alpha value is -3.62. The van der Waals surface area contributed by atoms with Crippen molar-refractivity contribution in [3.63, 3.8) is 0 Å². The Labute approximate surface area is 278 Å². The highest BCUT2D eigenvalue weighted by atomic mass is 35.5. The number of amides is 1. The topological polar surface area (TPSA) is 115 Å². The van der Waals surface area contributed by atoms with Crippen LogP contribution in [-0.2, 0) is 4.79 Å². The number of aromatic nitrogens is 2. The first kappa shape index (κ1) is 32.8. The van der Waals surface area contributed by atoms with Crippen LogP contribution in [0.4, 0.5) is 10.1 Å². The number of phenols is 1. The molecule has 14 heteroatoms. The molecular weight excluding hydrogens is 665 g/mol. The summed E-state index contributed by atoms with van der Waals surface area (Å²) in [6, 6.07) is 2.98. The fraction of sp³-hybridized carbons (Fsp3) is 0.323. The number of aromatic hydroxyl groups is 1. The van der Waals surface area contributed by atoms with Gasteiger partial charge in [0.15, 0.2) is 5.82 Å². The minimum absolute atomic E-state index is 0.0383. The minimum atomic E-state index is -1.12. The molecule has 1 N–H and O–H groups in total. The lowest BCUT2D eigenvalue weighted by Crippen LogP contribution is -2.49. The Morgan fingerprint density at radius 2 is 1.84 bits per heavy atom. The molecule has 1 saturated heterocycles. The summed E-state index contributed by atoms with van der Waals surface area (Å²) in [6.07, 6.45) is 4.77. The Morgan fingerprint density at radius 3 is 2.44 bits per heavy atom. The largest absolute Gasteiger partial charge is 0.506 e. The van der Waals surface area contributed by atoms with E-state index in [2.05, 4.69) is 17.6 Å². The summed E-state index contributed by atoms with van der Waals surface area (Å²) in [5, 5.41) is 20.0. The summed E-state index contributed by atoms with van der Waals surface area (Å²) in [6.45, 7) is 10.6. The molecule has 2 aliphatic heterocycles. The Kier molecular flexibility index (Phi) is 9.20. The van der Waals surface area contributed by atoms with Crippen LogP contribution in [0.15, 0.2) is 40.8 Å². The maximum atomic E-state index is 14.6. The normalized spacial score (nSPS) is 18.4. The lowest BCUT2D eigenvalue weighted by Gasteiger charge is -2.37. The summed E-state index contributed by atoms with van der Waals surface area (Å²) < 4.78 is 16.0. The summed E-state index contributed by atoms with van der Waals surface area (Å²) in [7, 11) is 0. The van der Waals surface area contributed by atoms with E-state index in [0.717, 1.165) is 0 Å². The first-order chi connectivity index (χ1) is 21.3. The summed E-state index contributed by atoms with van der Waals surface area (Å²) in [4.78, 5) is 39.5. The van der Waals surface area contributed by atoms with Gasteiger partial charge in [-0.25, -0.2) is 9.37 Å². The zero-order valence-electron chi connectivity index (χ0n) is 24.4. The molecule has 2 aromatic heterocycles. The van der Waals surface area contributed by atoms with Gasteiger partial charge in [-0.3, -0.25) is 19.1 Å². The molecule has 4 heterocycles. The Bertz CT molecular complexity index is 1900. The van der Waals surface area contributed by atoms with E-state index in [-0.39, 0.29) is 50.3 Å². The van der Waals surface area contributed by atoms with Gasteiger partial charge in [0.05, 0.1) is 38.1 Å². The van der Waals surface area contributed by atoms with Crippen LogP contribution in [0.5, 0.6) is 5.75 Å². The second kappa shape index (κ2) is 12.6. The van der Waals surface area contributed by atoms with Gasteiger partial charge in [-0.2, -0.15) is 5.26 Å². The number of halogens is 5. The van der Waals surface area contributed by atoms with Crippen LogP contribution in [0.25, 0.3) is 22.3 Å². The molecule has 0 aliphatic carbocycles. The van der Waals surface area contributed by atoms with Crippen molar-refractivity contribution in [3.8, 4) is 23.1 Å². The van der Waals surface area contributed by atoms with Gasteiger partial charge < -0.3 is 14.9 Å². The van der Waals surface area contributed by atoms with Gasteiger partial charge in [0.25, 0.3) is 5.56 Å². The zero-order chi connectivity index (χ0) is 32.9. The Balaban J connectivity index is 1.88. The molecule has 234 valence electrons. The van der Waals surface area contributed by atoms with Crippen molar-refractivity contribution in [2.24, 2.45) is 16.8 Å². The molecule has 3 aromatic rings. The first-order valence-corrected chi connectivity index (χ1v) is 15.5. The minimum Gasteiger partial charge on any atom is -0.506 e. The molecule has 45 heavy (non-hydrogen) atoms. The monoisotopic (exact) mass is 690 g/mol. The molecule has 9 nitrogen and oxygen atoms in total. The summed E-state index contributed by atoms with van der Waals surface area (Å²) in [5.41, 5.74) is 0.0252. The van der Waals surface area contributed by atoms with Gasteiger partial charge in [0.2, 0.25) is 5.91 Å². The number of anilines is 1. The van der Waals surface area contributed by atoms with Crippen molar-refractivity contribution in [3.05, 3.63) is 72.8 Å². The van der Waals surface area contributed by atoms with Gasteiger partial charge in [0.1, 0.15) is 28.1 Å². The average Bonchev–Trinajstić information content (AvgIpc) is 3.02. The number of rotatable bonds is 5. The second-order valence-electron chi connectivity index (χ2n) is 11.1. The first-order valence-electron chi connectivity index (χ1n) is 14.0. The number of hydrogen-bond acceptors (Lipinski definition) is 7. The van der Waals surface area contributed by atoms with Crippen LogP contribution in [-0.4, -0.2) is 57.4 Å². The molecule has 0 radical (unpaired) electrons. The summed E-state index contributed by atoms with van der Waals surface area (Å²) >= 11 is 25.4. The highest BCUT2D eigenvalue weighted by molar-refractivity contribution is 6.46. The lowest BCUT2D eigenvalue weighted by molar-refractivity contribution is -0.126. The maximum absolute atomic E-state index is 14.6. The van der Waals surface area contributed by atoms with E-state index in [9.17, 15) is 24.3 Å². The van der Waals surface area contributed by atoms with E-state index in [1.165, 1.54) is 16.7 Å². The predicted molar refractivity (Wildman–Crippen MR) is 176 cm³/mol. The maximum Gasteiger partial charge on any atom is 0.272 e. The van der Waals surface area contributed by atoms with Gasteiger partial charge in [-0.1, -0.05) is 79.8 Å². The number of aliphatic imine (C=N–C) groups is 1. The van der Waals surface area contributed by atoms with Crippen LogP contribution < -0.4 is 10.5 Å². The summed E-state index contributed by atoms with van der Waals surface area (Å²) in [5.74, 6) is -2.39. The van der Waals surface area contributed by atoms with Crippen molar-refractivity contribution in [2.45, 2.75) is 26.8 Å². The number of carbonyl (C=O) groups excluding carboxylic acids is 1. The number of pyridine rings is 2. The molecule has 1 fully saturated rings. The van der Waals surface area contributed by atoms with Crippen molar-refractivity contribution >= 4 is 74.7 Å². The van der Waals surface area contributed by atoms with Crippen molar-refractivity contribution in [1.82, 2.24) is 14.5 Å². The lowest BCUT2D eigenvalue weighted by atomic mass is 9.88. The van der Waals surface area contributed by atoms with Gasteiger partial charge in [-0.05, 0) is 18.1 Å². The van der Waals surface area contributed by atoms with Crippen LogP contribution in [0.1, 0.15) is 32.4 Å². The standard InChI is InChI=1S/C31H27Cl4FN6O3/c1-5-19(43)40-8-10-41(11-9-40)28-16-12-18(32)26(20-21(33)22(34)24(36)23(35)29(20)44)39-30(16)42(31(45)17(28)13-37)27-15(4)6-7-38-25(27)14(2)3/h5-7,12,14-15,27,44H,1,8-11H2,2-4H3/t15-,27?/m1/s1. The third-order valence-electron chi connectivity index (χ3n) is 8.07. The molecule has 0 saturated carbocycles. The molecule has 2 atom stereocenters. The number of nitrogens with zero attached hydrogens (tertiary/aromatic N) is 6. The van der Waals surface area contributed by atoms with E-state index in [1.54, 1.807) is 11.1 Å². The molecule has 2 aliphatic rings. The SMILES string of the molecule is C=CC(=O)N1CCN(c2c(C#N)c(=O)n(C3C(C(C)C)=NC=C[C@H]3C)c3nc(-c4c(O)c(Cl)c(F)c(Cl)c4Cl)c(Cl)cc23)CC1. The number of nitriles is 1. The number of piperazine rings is 1. The highest BCUT2D eigenvalue weighted by Crippen LogP contribution is 2.49. The molecule has 1 aromatic carbocycles. The average molecular weight is 692 g/mol.